The van der Waals surface area contributed by atoms with Gasteiger partial charge >= 0.3 is 0 Å². The molecular formula is C18H25NO3. The van der Waals surface area contributed by atoms with E-state index in [2.05, 4.69) is 30.4 Å². The van der Waals surface area contributed by atoms with Crippen LogP contribution in [0.1, 0.15) is 55.7 Å². The molecule has 1 saturated heterocycles. The SMILES string of the molecule is C[C@@H]1C[C@@H](NC(=O)CCOC2CCOCC2)c2ccccc21. The lowest BCUT2D eigenvalue weighted by molar-refractivity contribution is -0.124. The lowest BCUT2D eigenvalue weighted by Crippen LogP contribution is -2.29. The van der Waals surface area contributed by atoms with Gasteiger partial charge in [-0.3, -0.25) is 4.79 Å². The van der Waals surface area contributed by atoms with Gasteiger partial charge in [0.1, 0.15) is 0 Å². The summed E-state index contributed by atoms with van der Waals surface area (Å²) in [6.45, 7) is 4.26. The summed E-state index contributed by atoms with van der Waals surface area (Å²) in [7, 11) is 0. The van der Waals surface area contributed by atoms with E-state index in [0.717, 1.165) is 32.5 Å². The maximum Gasteiger partial charge on any atom is 0.222 e. The Balaban J connectivity index is 1.44. The molecule has 0 bridgehead atoms. The number of amides is 1. The molecule has 0 saturated carbocycles. The second-order valence-corrected chi connectivity index (χ2v) is 6.32. The van der Waals surface area contributed by atoms with Crippen molar-refractivity contribution < 1.29 is 14.3 Å². The van der Waals surface area contributed by atoms with Gasteiger partial charge in [-0.25, -0.2) is 0 Å². The molecule has 2 aliphatic rings. The molecular weight excluding hydrogens is 278 g/mol. The van der Waals surface area contributed by atoms with E-state index in [4.69, 9.17) is 9.47 Å². The lowest BCUT2D eigenvalue weighted by Gasteiger charge is -2.22. The smallest absolute Gasteiger partial charge is 0.222 e. The second-order valence-electron chi connectivity index (χ2n) is 6.32. The minimum absolute atomic E-state index is 0.0842. The number of carbonyl (C=O) groups excluding carboxylic acids is 1. The van der Waals surface area contributed by atoms with Crippen molar-refractivity contribution in [1.29, 1.82) is 0 Å². The fraction of sp³-hybridized carbons (Fsp3) is 0.611. The number of ether oxygens (including phenoxy) is 2. The molecule has 4 nitrogen and oxygen atoms in total. The van der Waals surface area contributed by atoms with E-state index in [1.54, 1.807) is 0 Å². The van der Waals surface area contributed by atoms with Gasteiger partial charge in [-0.1, -0.05) is 31.2 Å². The molecule has 1 heterocycles. The zero-order chi connectivity index (χ0) is 15.4. The van der Waals surface area contributed by atoms with Gasteiger partial charge in [0.05, 0.1) is 18.8 Å². The highest BCUT2D eigenvalue weighted by Crippen LogP contribution is 2.39. The molecule has 1 fully saturated rings. The molecule has 1 amide bonds. The van der Waals surface area contributed by atoms with E-state index in [9.17, 15) is 4.79 Å². The Labute approximate surface area is 132 Å². The summed E-state index contributed by atoms with van der Waals surface area (Å²) < 4.78 is 11.1. The minimum atomic E-state index is 0.0842. The standard InChI is InChI=1S/C18H25NO3/c1-13-12-17(16-5-3-2-4-15(13)16)19-18(20)8-11-22-14-6-9-21-10-7-14/h2-5,13-14,17H,6-12H2,1H3,(H,19,20)/t13-,17-/m1/s1. The van der Waals surface area contributed by atoms with Gasteiger partial charge in [0.25, 0.3) is 0 Å². The summed E-state index contributed by atoms with van der Waals surface area (Å²) in [5.41, 5.74) is 2.64. The van der Waals surface area contributed by atoms with Gasteiger partial charge in [-0.15, -0.1) is 0 Å². The fourth-order valence-electron chi connectivity index (χ4n) is 3.45. The first-order valence-electron chi connectivity index (χ1n) is 8.31. The highest BCUT2D eigenvalue weighted by Gasteiger charge is 2.28. The Morgan fingerprint density at radius 2 is 2.00 bits per heavy atom. The van der Waals surface area contributed by atoms with E-state index in [0.29, 0.717) is 18.9 Å². The molecule has 1 aliphatic heterocycles. The zero-order valence-corrected chi connectivity index (χ0v) is 13.2. The normalized spacial score (nSPS) is 25.0. The molecule has 3 rings (SSSR count). The highest BCUT2D eigenvalue weighted by molar-refractivity contribution is 5.76. The number of hydrogen-bond donors (Lipinski definition) is 1. The predicted molar refractivity (Wildman–Crippen MR) is 84.8 cm³/mol. The zero-order valence-electron chi connectivity index (χ0n) is 13.2. The number of hydrogen-bond acceptors (Lipinski definition) is 3. The van der Waals surface area contributed by atoms with Gasteiger partial charge in [0, 0.05) is 19.6 Å². The summed E-state index contributed by atoms with van der Waals surface area (Å²) in [5.74, 6) is 0.598. The van der Waals surface area contributed by atoms with Crippen LogP contribution in [0.2, 0.25) is 0 Å². The van der Waals surface area contributed by atoms with Crippen LogP contribution in [-0.4, -0.2) is 31.8 Å². The van der Waals surface area contributed by atoms with Crippen LogP contribution >= 0.6 is 0 Å². The van der Waals surface area contributed by atoms with E-state index in [-0.39, 0.29) is 18.1 Å². The maximum absolute atomic E-state index is 12.1. The minimum Gasteiger partial charge on any atom is -0.381 e. The van der Waals surface area contributed by atoms with Crippen molar-refractivity contribution in [2.24, 2.45) is 0 Å². The van der Waals surface area contributed by atoms with Crippen LogP contribution in [0, 0.1) is 0 Å². The molecule has 0 radical (unpaired) electrons. The van der Waals surface area contributed by atoms with E-state index in [1.807, 2.05) is 6.07 Å². The summed E-state index contributed by atoms with van der Waals surface area (Å²) >= 11 is 0. The molecule has 22 heavy (non-hydrogen) atoms. The van der Waals surface area contributed by atoms with Gasteiger partial charge in [-0.05, 0) is 36.3 Å². The number of rotatable bonds is 5. The van der Waals surface area contributed by atoms with Crippen LogP contribution in [0.3, 0.4) is 0 Å². The van der Waals surface area contributed by atoms with Gasteiger partial charge in [0.2, 0.25) is 5.91 Å². The third kappa shape index (κ3) is 3.68. The first-order valence-corrected chi connectivity index (χ1v) is 8.31. The van der Waals surface area contributed by atoms with Crippen LogP contribution in [0.5, 0.6) is 0 Å². The molecule has 4 heteroatoms. The fourth-order valence-corrected chi connectivity index (χ4v) is 3.45. The Bertz CT molecular complexity index is 511. The first kappa shape index (κ1) is 15.5. The first-order chi connectivity index (χ1) is 10.7. The molecule has 120 valence electrons. The monoisotopic (exact) mass is 303 g/mol. The molecule has 0 unspecified atom stereocenters. The molecule has 1 aromatic carbocycles. The van der Waals surface area contributed by atoms with E-state index in [1.165, 1.54) is 11.1 Å². The van der Waals surface area contributed by atoms with E-state index >= 15 is 0 Å². The molecule has 1 aliphatic carbocycles. The van der Waals surface area contributed by atoms with Crippen LogP contribution in [0.25, 0.3) is 0 Å². The van der Waals surface area contributed by atoms with Gasteiger partial charge in [0.15, 0.2) is 0 Å². The van der Waals surface area contributed by atoms with Gasteiger partial charge in [-0.2, -0.15) is 0 Å². The van der Waals surface area contributed by atoms with E-state index < -0.39 is 0 Å². The molecule has 1 aromatic rings. The van der Waals surface area contributed by atoms with Gasteiger partial charge < -0.3 is 14.8 Å². The summed E-state index contributed by atoms with van der Waals surface area (Å²) in [6, 6.07) is 8.57. The summed E-state index contributed by atoms with van der Waals surface area (Å²) in [4.78, 5) is 12.1. The quantitative estimate of drug-likeness (QED) is 0.910. The van der Waals surface area contributed by atoms with Crippen molar-refractivity contribution in [2.75, 3.05) is 19.8 Å². The molecule has 0 spiro atoms. The Hall–Kier alpha value is -1.39. The Morgan fingerprint density at radius 1 is 1.27 bits per heavy atom. The molecule has 2 atom stereocenters. The molecule has 0 aromatic heterocycles. The van der Waals surface area contributed by atoms with Crippen molar-refractivity contribution in [3.63, 3.8) is 0 Å². The van der Waals surface area contributed by atoms with Crippen LogP contribution in [0.4, 0.5) is 0 Å². The largest absolute Gasteiger partial charge is 0.381 e. The average Bonchev–Trinajstić information content (AvgIpc) is 2.85. The third-order valence-corrected chi connectivity index (χ3v) is 4.68. The maximum atomic E-state index is 12.1. The topological polar surface area (TPSA) is 47.6 Å². The van der Waals surface area contributed by atoms with Crippen molar-refractivity contribution in [3.8, 4) is 0 Å². The number of benzene rings is 1. The number of fused-ring (bicyclic) bond motifs is 1. The second kappa shape index (κ2) is 7.25. The van der Waals surface area contributed by atoms with Crippen molar-refractivity contribution >= 4 is 5.91 Å². The summed E-state index contributed by atoms with van der Waals surface area (Å²) in [5, 5.41) is 3.16. The lowest BCUT2D eigenvalue weighted by atomic mass is 10.0. The third-order valence-electron chi connectivity index (χ3n) is 4.68. The molecule has 1 N–H and O–H groups in total. The van der Waals surface area contributed by atoms with Crippen LogP contribution in [-0.2, 0) is 14.3 Å². The Morgan fingerprint density at radius 3 is 2.77 bits per heavy atom. The van der Waals surface area contributed by atoms with Crippen LogP contribution in [0.15, 0.2) is 24.3 Å². The summed E-state index contributed by atoms with van der Waals surface area (Å²) in [6.07, 6.45) is 3.56. The predicted octanol–water partition coefficient (Wildman–Crippen LogP) is 2.94. The van der Waals surface area contributed by atoms with Crippen molar-refractivity contribution in [2.45, 2.75) is 50.7 Å². The van der Waals surface area contributed by atoms with Crippen molar-refractivity contribution in [1.82, 2.24) is 5.32 Å². The van der Waals surface area contributed by atoms with Crippen LogP contribution < -0.4 is 5.32 Å². The number of nitrogens with one attached hydrogen (secondary N) is 1. The number of carbonyl (C=O) groups is 1. The average molecular weight is 303 g/mol. The Kier molecular flexibility index (Phi) is 5.11. The van der Waals surface area contributed by atoms with Crippen molar-refractivity contribution in [3.05, 3.63) is 35.4 Å². The highest BCUT2D eigenvalue weighted by atomic mass is 16.5.